The van der Waals surface area contributed by atoms with Crippen LogP contribution in [-0.2, 0) is 14.8 Å². The number of aryl methyl sites for hydroxylation is 1. The fourth-order valence-corrected chi connectivity index (χ4v) is 2.79. The molecule has 1 amide bonds. The lowest BCUT2D eigenvalue weighted by Gasteiger charge is -2.15. The van der Waals surface area contributed by atoms with Gasteiger partial charge in [-0.3, -0.25) is 4.79 Å². The van der Waals surface area contributed by atoms with Gasteiger partial charge in [0.15, 0.2) is 0 Å². The number of nitrogens with two attached hydrogens (primary N) is 1. The number of nitrogens with one attached hydrogen (secondary N) is 2. The van der Waals surface area contributed by atoms with Crippen LogP contribution in [0.4, 0.5) is 8.78 Å². The number of halogens is 2. The highest BCUT2D eigenvalue weighted by Gasteiger charge is 2.28. The van der Waals surface area contributed by atoms with Gasteiger partial charge in [-0.15, -0.1) is 0 Å². The van der Waals surface area contributed by atoms with Gasteiger partial charge in [-0.1, -0.05) is 6.07 Å². The number of amides is 1. The molecule has 0 bridgehead atoms. The number of alkyl halides is 2. The van der Waals surface area contributed by atoms with Crippen LogP contribution in [0.5, 0.6) is 0 Å². The number of hydrogen-bond acceptors (Lipinski definition) is 5. The zero-order valence-electron chi connectivity index (χ0n) is 13.4. The molecule has 7 nitrogen and oxygen atoms in total. The second-order valence-electron chi connectivity index (χ2n) is 5.11. The largest absolute Gasteiger partial charge is 0.383 e. The van der Waals surface area contributed by atoms with Gasteiger partial charge in [0.2, 0.25) is 10.0 Å². The van der Waals surface area contributed by atoms with Crippen molar-refractivity contribution < 1.29 is 26.7 Å². The molecule has 0 aliphatic rings. The van der Waals surface area contributed by atoms with Gasteiger partial charge < -0.3 is 15.8 Å². The van der Waals surface area contributed by atoms with Crippen molar-refractivity contribution in [2.75, 3.05) is 33.4 Å². The molecule has 0 spiro atoms. The topological polar surface area (TPSA) is 111 Å². The standard InChI is InChI=1S/C14H21F2N3O4S/c1-10-3-4-11(24(21,22)19-5-6-23-2)7-12(10)13(20)18-9-14(15,16)8-17/h3-4,7,19H,5-6,8-9,17H2,1-2H3,(H,18,20). The van der Waals surface area contributed by atoms with Crippen LogP contribution in [0.1, 0.15) is 15.9 Å². The van der Waals surface area contributed by atoms with Crippen LogP contribution in [0.15, 0.2) is 23.1 Å². The van der Waals surface area contributed by atoms with E-state index >= 15 is 0 Å². The summed E-state index contributed by atoms with van der Waals surface area (Å²) in [4.78, 5) is 11.9. The Kier molecular flexibility index (Phi) is 7.21. The van der Waals surface area contributed by atoms with E-state index in [0.29, 0.717) is 5.56 Å². The molecule has 0 saturated heterocycles. The van der Waals surface area contributed by atoms with E-state index in [0.717, 1.165) is 6.07 Å². The lowest BCUT2D eigenvalue weighted by atomic mass is 10.1. The summed E-state index contributed by atoms with van der Waals surface area (Å²) in [7, 11) is -2.40. The Morgan fingerprint density at radius 2 is 2.04 bits per heavy atom. The van der Waals surface area contributed by atoms with E-state index in [4.69, 9.17) is 10.5 Å². The van der Waals surface area contributed by atoms with Crippen LogP contribution in [0.25, 0.3) is 0 Å². The van der Waals surface area contributed by atoms with E-state index in [2.05, 4.69) is 10.0 Å². The number of rotatable bonds is 9. The summed E-state index contributed by atoms with van der Waals surface area (Å²) < 4.78 is 57.5. The van der Waals surface area contributed by atoms with E-state index in [-0.39, 0.29) is 23.6 Å². The predicted molar refractivity (Wildman–Crippen MR) is 84.6 cm³/mol. The summed E-state index contributed by atoms with van der Waals surface area (Å²) in [5, 5.41) is 2.06. The Balaban J connectivity index is 2.95. The second kappa shape index (κ2) is 8.47. The Hall–Kier alpha value is -1.62. The van der Waals surface area contributed by atoms with Crippen LogP contribution < -0.4 is 15.8 Å². The average Bonchev–Trinajstić information content (AvgIpc) is 2.53. The molecule has 1 aromatic carbocycles. The third kappa shape index (κ3) is 5.78. The molecule has 0 unspecified atom stereocenters. The van der Waals surface area contributed by atoms with Crippen LogP contribution in [-0.4, -0.2) is 53.6 Å². The Labute approximate surface area is 139 Å². The first kappa shape index (κ1) is 20.4. The monoisotopic (exact) mass is 365 g/mol. The normalized spacial score (nSPS) is 12.2. The van der Waals surface area contributed by atoms with Gasteiger partial charge in [0.05, 0.1) is 24.6 Å². The molecule has 0 atom stereocenters. The molecule has 0 radical (unpaired) electrons. The number of ether oxygens (including phenoxy) is 1. The predicted octanol–water partition coefficient (Wildman–Crippen LogP) is 0.244. The minimum absolute atomic E-state index is 0.00237. The molecule has 4 N–H and O–H groups in total. The Bertz CT molecular complexity index is 681. The lowest BCUT2D eigenvalue weighted by Crippen LogP contribution is -2.41. The number of benzene rings is 1. The van der Waals surface area contributed by atoms with Gasteiger partial charge in [-0.2, -0.15) is 0 Å². The van der Waals surface area contributed by atoms with Crippen LogP contribution >= 0.6 is 0 Å². The first-order chi connectivity index (χ1) is 11.1. The van der Waals surface area contributed by atoms with Gasteiger partial charge in [0.25, 0.3) is 11.8 Å². The molecule has 10 heteroatoms. The molecule has 0 fully saturated rings. The molecule has 24 heavy (non-hydrogen) atoms. The number of carbonyl (C=O) groups is 1. The molecule has 0 aliphatic carbocycles. The van der Waals surface area contributed by atoms with Crippen LogP contribution in [0, 0.1) is 6.92 Å². The highest BCUT2D eigenvalue weighted by Crippen LogP contribution is 2.16. The van der Waals surface area contributed by atoms with Crippen molar-refractivity contribution in [1.29, 1.82) is 0 Å². The maximum absolute atomic E-state index is 13.1. The third-order valence-electron chi connectivity index (χ3n) is 3.17. The number of methoxy groups -OCH3 is 1. The fraction of sp³-hybridized carbons (Fsp3) is 0.500. The van der Waals surface area contributed by atoms with Crippen LogP contribution in [0.3, 0.4) is 0 Å². The third-order valence-corrected chi connectivity index (χ3v) is 4.63. The summed E-state index contributed by atoms with van der Waals surface area (Å²) in [6.07, 6.45) is 0. The molecular formula is C14H21F2N3O4S. The lowest BCUT2D eigenvalue weighted by molar-refractivity contribution is 0.0118. The van der Waals surface area contributed by atoms with E-state index in [9.17, 15) is 22.0 Å². The highest BCUT2D eigenvalue weighted by molar-refractivity contribution is 7.89. The Morgan fingerprint density at radius 3 is 2.62 bits per heavy atom. The van der Waals surface area contributed by atoms with E-state index < -0.39 is 34.9 Å². The zero-order valence-corrected chi connectivity index (χ0v) is 14.3. The van der Waals surface area contributed by atoms with Crippen molar-refractivity contribution in [1.82, 2.24) is 10.0 Å². The molecule has 1 rings (SSSR count). The Morgan fingerprint density at radius 1 is 1.38 bits per heavy atom. The number of sulfonamides is 1. The summed E-state index contributed by atoms with van der Waals surface area (Å²) >= 11 is 0. The van der Waals surface area contributed by atoms with Crippen molar-refractivity contribution >= 4 is 15.9 Å². The molecular weight excluding hydrogens is 344 g/mol. The molecule has 136 valence electrons. The van der Waals surface area contributed by atoms with Crippen molar-refractivity contribution in [3.63, 3.8) is 0 Å². The quantitative estimate of drug-likeness (QED) is 0.543. The van der Waals surface area contributed by atoms with Gasteiger partial charge in [0, 0.05) is 19.2 Å². The van der Waals surface area contributed by atoms with Crippen molar-refractivity contribution in [2.24, 2.45) is 5.73 Å². The minimum Gasteiger partial charge on any atom is -0.383 e. The summed E-state index contributed by atoms with van der Waals surface area (Å²) in [5.41, 5.74) is 5.36. The average molecular weight is 365 g/mol. The first-order valence-corrected chi connectivity index (χ1v) is 8.56. The second-order valence-corrected chi connectivity index (χ2v) is 6.88. The maximum Gasteiger partial charge on any atom is 0.277 e. The van der Waals surface area contributed by atoms with Crippen molar-refractivity contribution in [2.45, 2.75) is 17.7 Å². The minimum atomic E-state index is -3.83. The van der Waals surface area contributed by atoms with Gasteiger partial charge in [-0.25, -0.2) is 21.9 Å². The first-order valence-electron chi connectivity index (χ1n) is 7.08. The molecule has 0 saturated carbocycles. The van der Waals surface area contributed by atoms with Crippen LogP contribution in [0.2, 0.25) is 0 Å². The van der Waals surface area contributed by atoms with Crippen molar-refractivity contribution in [3.05, 3.63) is 29.3 Å². The maximum atomic E-state index is 13.1. The summed E-state index contributed by atoms with van der Waals surface area (Å²) in [6, 6.07) is 3.90. The van der Waals surface area contributed by atoms with Gasteiger partial charge in [-0.05, 0) is 24.6 Å². The summed E-state index contributed by atoms with van der Waals surface area (Å²) in [5.74, 6) is -4.02. The number of carbonyl (C=O) groups excluding carboxylic acids is 1. The van der Waals surface area contributed by atoms with E-state index in [1.165, 1.54) is 19.2 Å². The highest BCUT2D eigenvalue weighted by atomic mass is 32.2. The van der Waals surface area contributed by atoms with Gasteiger partial charge >= 0.3 is 0 Å². The molecule has 0 aromatic heterocycles. The molecule has 1 aromatic rings. The smallest absolute Gasteiger partial charge is 0.277 e. The van der Waals surface area contributed by atoms with Gasteiger partial charge in [0.1, 0.15) is 0 Å². The fourth-order valence-electron chi connectivity index (χ4n) is 1.75. The van der Waals surface area contributed by atoms with Crippen molar-refractivity contribution in [3.8, 4) is 0 Å². The zero-order chi connectivity index (χ0) is 18.4. The van der Waals surface area contributed by atoms with E-state index in [1.54, 1.807) is 6.92 Å². The molecule has 0 aliphatic heterocycles. The number of hydrogen-bond donors (Lipinski definition) is 3. The summed E-state index contributed by atoms with van der Waals surface area (Å²) in [6.45, 7) is 0.00322. The van der Waals surface area contributed by atoms with E-state index in [1.807, 2.05) is 0 Å². The SMILES string of the molecule is COCCNS(=O)(=O)c1ccc(C)c(C(=O)NCC(F)(F)CN)c1. The molecule has 0 heterocycles.